The maximum atomic E-state index is 12.4. The van der Waals surface area contributed by atoms with Crippen molar-refractivity contribution >= 4 is 17.6 Å². The number of aliphatic hydroxyl groups excluding tert-OH is 2. The summed E-state index contributed by atoms with van der Waals surface area (Å²) in [5.41, 5.74) is 6.45. The molecule has 11 nitrogen and oxygen atoms in total. The van der Waals surface area contributed by atoms with Crippen molar-refractivity contribution in [2.75, 3.05) is 18.9 Å². The summed E-state index contributed by atoms with van der Waals surface area (Å²) in [6.45, 7) is 0.444. The number of aromatic nitrogens is 3. The van der Waals surface area contributed by atoms with E-state index in [0.717, 1.165) is 24.6 Å². The molecule has 1 saturated heterocycles. The van der Waals surface area contributed by atoms with Crippen LogP contribution in [-0.4, -0.2) is 74.5 Å². The van der Waals surface area contributed by atoms with E-state index in [0.29, 0.717) is 36.0 Å². The van der Waals surface area contributed by atoms with Crippen molar-refractivity contribution in [3.8, 4) is 11.3 Å². The predicted molar refractivity (Wildman–Crippen MR) is 150 cm³/mol. The number of carbonyl (C=O) groups is 2. The number of nitrogens with zero attached hydrogens (tertiary/aromatic N) is 3. The van der Waals surface area contributed by atoms with Gasteiger partial charge in [-0.15, -0.1) is 0 Å². The molecular weight excluding hydrogens is 569 g/mol. The Morgan fingerprint density at radius 3 is 2.26 bits per heavy atom. The molecule has 230 valence electrons. The lowest BCUT2D eigenvalue weighted by Crippen LogP contribution is -2.49. The van der Waals surface area contributed by atoms with Gasteiger partial charge in [-0.05, 0) is 43.5 Å². The molecule has 3 aromatic rings. The molecule has 2 amide bonds. The lowest BCUT2D eigenvalue weighted by molar-refractivity contribution is -0.141. The van der Waals surface area contributed by atoms with Crippen LogP contribution in [0.15, 0.2) is 55.0 Å². The Hall–Kier alpha value is -4.14. The summed E-state index contributed by atoms with van der Waals surface area (Å²) in [5.74, 6) is -0.623. The SMILES string of the molecule is Nc1cncc(C(F)(F)F)n1.O=C(NCC1OCCC(O)C1O)c1ccc(-c2ccc(C(=O)NC3CCCC3)cc2)nc1. The van der Waals surface area contributed by atoms with Gasteiger partial charge in [0.15, 0.2) is 5.69 Å². The predicted octanol–water partition coefficient (Wildman–Crippen LogP) is 2.74. The van der Waals surface area contributed by atoms with E-state index in [2.05, 4.69) is 25.6 Å². The van der Waals surface area contributed by atoms with Crippen molar-refractivity contribution in [1.29, 1.82) is 0 Å². The number of nitrogen functional groups attached to an aromatic ring is 1. The minimum absolute atomic E-state index is 0.0528. The maximum Gasteiger partial charge on any atom is 0.434 e. The van der Waals surface area contributed by atoms with E-state index in [9.17, 15) is 33.0 Å². The number of nitrogens with two attached hydrogens (primary N) is 1. The van der Waals surface area contributed by atoms with Gasteiger partial charge in [-0.1, -0.05) is 25.0 Å². The lowest BCUT2D eigenvalue weighted by atomic mass is 10.0. The fourth-order valence-corrected chi connectivity index (χ4v) is 4.68. The molecule has 1 aliphatic heterocycles. The van der Waals surface area contributed by atoms with Crippen LogP contribution in [0.4, 0.5) is 19.0 Å². The van der Waals surface area contributed by atoms with Crippen LogP contribution in [0.5, 0.6) is 0 Å². The van der Waals surface area contributed by atoms with Crippen LogP contribution in [0.25, 0.3) is 11.3 Å². The highest BCUT2D eigenvalue weighted by atomic mass is 19.4. The molecule has 5 rings (SSSR count). The number of nitrogens with one attached hydrogen (secondary N) is 2. The third kappa shape index (κ3) is 8.92. The second-order valence-electron chi connectivity index (χ2n) is 10.3. The Labute approximate surface area is 245 Å². The Bertz CT molecular complexity index is 1370. The first kappa shape index (κ1) is 31.8. The van der Waals surface area contributed by atoms with Crippen molar-refractivity contribution in [3.63, 3.8) is 0 Å². The number of hydrogen-bond donors (Lipinski definition) is 5. The quantitative estimate of drug-likeness (QED) is 0.284. The number of alkyl halides is 3. The van der Waals surface area contributed by atoms with E-state index in [1.165, 1.54) is 19.0 Å². The van der Waals surface area contributed by atoms with Gasteiger partial charge < -0.3 is 31.3 Å². The summed E-state index contributed by atoms with van der Waals surface area (Å²) in [5, 5.41) is 25.4. The fourth-order valence-electron chi connectivity index (χ4n) is 4.68. The van der Waals surface area contributed by atoms with Crippen molar-refractivity contribution in [1.82, 2.24) is 25.6 Å². The summed E-state index contributed by atoms with van der Waals surface area (Å²) in [6, 6.07) is 11.0. The second kappa shape index (κ2) is 14.4. The number of aliphatic hydroxyl groups is 2. The van der Waals surface area contributed by atoms with Gasteiger partial charge in [-0.2, -0.15) is 13.2 Å². The average molecular weight is 603 g/mol. The number of benzene rings is 1. The first-order valence-corrected chi connectivity index (χ1v) is 13.8. The molecule has 0 bridgehead atoms. The van der Waals surface area contributed by atoms with Crippen LogP contribution >= 0.6 is 0 Å². The second-order valence-corrected chi connectivity index (χ2v) is 10.3. The zero-order valence-electron chi connectivity index (χ0n) is 23.1. The van der Waals surface area contributed by atoms with E-state index in [1.807, 2.05) is 12.1 Å². The van der Waals surface area contributed by atoms with E-state index < -0.39 is 30.2 Å². The topological polar surface area (TPSA) is 173 Å². The molecule has 3 unspecified atom stereocenters. The molecule has 14 heteroatoms. The van der Waals surface area contributed by atoms with Crippen molar-refractivity contribution in [2.24, 2.45) is 0 Å². The molecule has 2 fully saturated rings. The summed E-state index contributed by atoms with van der Waals surface area (Å²) < 4.78 is 40.8. The minimum Gasteiger partial charge on any atom is -0.390 e. The number of pyridine rings is 1. The highest BCUT2D eigenvalue weighted by Crippen LogP contribution is 2.27. The molecule has 1 saturated carbocycles. The third-order valence-corrected chi connectivity index (χ3v) is 7.09. The first-order valence-electron chi connectivity index (χ1n) is 13.8. The number of carbonyl (C=O) groups excluding carboxylic acids is 2. The Kier molecular flexibility index (Phi) is 10.6. The average Bonchev–Trinajstić information content (AvgIpc) is 3.51. The molecule has 2 aromatic heterocycles. The minimum atomic E-state index is -4.47. The third-order valence-electron chi connectivity index (χ3n) is 7.09. The Balaban J connectivity index is 0.000000324. The lowest BCUT2D eigenvalue weighted by Gasteiger charge is -2.32. The van der Waals surface area contributed by atoms with Gasteiger partial charge in [0.2, 0.25) is 0 Å². The number of halogens is 3. The molecule has 0 radical (unpaired) electrons. The zero-order valence-corrected chi connectivity index (χ0v) is 23.1. The molecule has 0 spiro atoms. The summed E-state index contributed by atoms with van der Waals surface area (Å²) in [6.07, 6.45) is 0.994. The Morgan fingerprint density at radius 1 is 0.953 bits per heavy atom. The molecular formula is C29H33F3N6O5. The first-order chi connectivity index (χ1) is 20.5. The van der Waals surface area contributed by atoms with Gasteiger partial charge in [-0.3, -0.25) is 19.6 Å². The normalized spacial score (nSPS) is 20.5. The standard InChI is InChI=1S/C24H29N3O5.C5H4F3N3/c28-20-11-12-32-21(22(20)29)14-26-23(30)17-9-10-19(25-13-17)15-5-7-16(8-6-15)24(31)27-18-3-1-2-4-18;6-5(7,8)3-1-10-2-4(9)11-3/h5-10,13,18,20-22,28-29H,1-4,11-12,14H2,(H,26,30)(H,27,31);1-2H,(H2,9,11). The van der Waals surface area contributed by atoms with Gasteiger partial charge >= 0.3 is 6.18 Å². The molecule has 43 heavy (non-hydrogen) atoms. The monoisotopic (exact) mass is 602 g/mol. The number of rotatable bonds is 6. The van der Waals surface area contributed by atoms with Gasteiger partial charge in [0.1, 0.15) is 18.0 Å². The van der Waals surface area contributed by atoms with E-state index in [1.54, 1.807) is 24.3 Å². The van der Waals surface area contributed by atoms with Crippen LogP contribution in [0, 0.1) is 0 Å². The molecule has 3 heterocycles. The van der Waals surface area contributed by atoms with E-state index in [-0.39, 0.29) is 30.2 Å². The fraction of sp³-hybridized carbons (Fsp3) is 0.414. The number of anilines is 1. The van der Waals surface area contributed by atoms with E-state index >= 15 is 0 Å². The molecule has 1 aromatic carbocycles. The van der Waals surface area contributed by atoms with Crippen LogP contribution < -0.4 is 16.4 Å². The van der Waals surface area contributed by atoms with Crippen LogP contribution in [0.1, 0.15) is 58.5 Å². The number of ether oxygens (including phenoxy) is 1. The molecule has 6 N–H and O–H groups in total. The molecule has 1 aliphatic carbocycles. The summed E-state index contributed by atoms with van der Waals surface area (Å²) in [4.78, 5) is 35.4. The van der Waals surface area contributed by atoms with Gasteiger partial charge in [0.25, 0.3) is 11.8 Å². The largest absolute Gasteiger partial charge is 0.434 e. The number of amides is 2. The van der Waals surface area contributed by atoms with E-state index in [4.69, 9.17) is 10.5 Å². The molecule has 3 atom stereocenters. The molecule has 2 aliphatic rings. The van der Waals surface area contributed by atoms with Crippen LogP contribution in [-0.2, 0) is 10.9 Å². The highest BCUT2D eigenvalue weighted by molar-refractivity contribution is 5.95. The van der Waals surface area contributed by atoms with Gasteiger partial charge in [0.05, 0.1) is 29.8 Å². The summed E-state index contributed by atoms with van der Waals surface area (Å²) in [7, 11) is 0. The van der Waals surface area contributed by atoms with Crippen molar-refractivity contribution < 1.29 is 37.7 Å². The summed E-state index contributed by atoms with van der Waals surface area (Å²) >= 11 is 0. The zero-order chi connectivity index (χ0) is 31.0. The number of hydrogen-bond acceptors (Lipinski definition) is 9. The van der Waals surface area contributed by atoms with Crippen molar-refractivity contribution in [3.05, 3.63) is 71.8 Å². The van der Waals surface area contributed by atoms with Crippen molar-refractivity contribution in [2.45, 2.75) is 62.6 Å². The van der Waals surface area contributed by atoms with Gasteiger partial charge in [0, 0.05) is 36.5 Å². The maximum absolute atomic E-state index is 12.4. The van der Waals surface area contributed by atoms with Gasteiger partial charge in [-0.25, -0.2) is 4.98 Å². The smallest absolute Gasteiger partial charge is 0.390 e. The van der Waals surface area contributed by atoms with Crippen LogP contribution in [0.3, 0.4) is 0 Å². The van der Waals surface area contributed by atoms with Crippen LogP contribution in [0.2, 0.25) is 0 Å². The Morgan fingerprint density at radius 2 is 1.65 bits per heavy atom. The highest BCUT2D eigenvalue weighted by Gasteiger charge is 2.33.